The Morgan fingerprint density at radius 2 is 2.04 bits per heavy atom. The van der Waals surface area contributed by atoms with Gasteiger partial charge in [-0.05, 0) is 18.8 Å². The van der Waals surface area contributed by atoms with Crippen LogP contribution in [0.25, 0.3) is 0 Å². The van der Waals surface area contributed by atoms with Crippen LogP contribution < -0.4 is 0 Å². The minimum absolute atomic E-state index is 0.0487. The molecule has 0 bridgehead atoms. The van der Waals surface area contributed by atoms with Crippen LogP contribution in [-0.2, 0) is 18.6 Å². The molecular formula is C16H25O7P. The van der Waals surface area contributed by atoms with Crippen LogP contribution in [0.3, 0.4) is 0 Å². The number of carbonyl (C=O) groups is 1. The first-order chi connectivity index (χ1) is 11.0. The molecule has 0 spiro atoms. The maximum Gasteiger partial charge on any atom is 0.469 e. The van der Waals surface area contributed by atoms with Crippen LogP contribution in [0, 0.1) is 30.1 Å². The standard InChI is InChI=1S/C16H25O7P/c1-5-13(17)12(4)14(23-24(19,20)21)8-6-10(2)16-11(3)7-9-15(18)22-16/h1,7,9-14,16-17H,6,8H2,2-4H3,(H2,19,20,21)/t10-,11-,12-,13-,14-,16-/m0/s1. The van der Waals surface area contributed by atoms with Gasteiger partial charge in [-0.2, -0.15) is 0 Å². The normalized spacial score (nSPS) is 26.1. The molecule has 1 heterocycles. The van der Waals surface area contributed by atoms with Crippen molar-refractivity contribution in [3.8, 4) is 12.3 Å². The Morgan fingerprint density at radius 1 is 1.42 bits per heavy atom. The Balaban J connectivity index is 2.73. The fraction of sp³-hybridized carbons (Fsp3) is 0.688. The number of esters is 1. The number of aliphatic hydroxyl groups is 1. The Labute approximate surface area is 142 Å². The first kappa shape index (κ1) is 20.9. The molecule has 1 aliphatic rings. The zero-order valence-corrected chi connectivity index (χ0v) is 14.9. The number of cyclic esters (lactones) is 1. The summed E-state index contributed by atoms with van der Waals surface area (Å²) in [6.07, 6.45) is 6.68. The molecule has 0 amide bonds. The van der Waals surface area contributed by atoms with Crippen molar-refractivity contribution in [2.45, 2.75) is 51.9 Å². The van der Waals surface area contributed by atoms with Gasteiger partial charge in [0.25, 0.3) is 0 Å². The van der Waals surface area contributed by atoms with E-state index in [4.69, 9.17) is 25.5 Å². The van der Waals surface area contributed by atoms with Crippen molar-refractivity contribution in [3.63, 3.8) is 0 Å². The zero-order valence-electron chi connectivity index (χ0n) is 14.0. The molecule has 0 saturated heterocycles. The van der Waals surface area contributed by atoms with E-state index in [0.29, 0.717) is 6.42 Å². The van der Waals surface area contributed by atoms with Crippen LogP contribution in [0.1, 0.15) is 33.6 Å². The van der Waals surface area contributed by atoms with E-state index in [1.807, 2.05) is 13.8 Å². The lowest BCUT2D eigenvalue weighted by atomic mass is 9.85. The van der Waals surface area contributed by atoms with Crippen molar-refractivity contribution in [2.75, 3.05) is 0 Å². The van der Waals surface area contributed by atoms with Crippen LogP contribution >= 0.6 is 7.82 Å². The van der Waals surface area contributed by atoms with Crippen LogP contribution in [-0.4, -0.2) is 39.2 Å². The second-order valence-corrected chi connectivity index (χ2v) is 7.47. The minimum atomic E-state index is -4.72. The summed E-state index contributed by atoms with van der Waals surface area (Å²) in [6, 6.07) is 0. The summed E-state index contributed by atoms with van der Waals surface area (Å²) < 4.78 is 21.3. The van der Waals surface area contributed by atoms with Crippen LogP contribution in [0.15, 0.2) is 12.2 Å². The van der Waals surface area contributed by atoms with Crippen molar-refractivity contribution in [2.24, 2.45) is 17.8 Å². The highest BCUT2D eigenvalue weighted by Gasteiger charge is 2.33. The van der Waals surface area contributed by atoms with E-state index in [2.05, 4.69) is 5.92 Å². The van der Waals surface area contributed by atoms with Crippen molar-refractivity contribution >= 4 is 13.8 Å². The van der Waals surface area contributed by atoms with Crippen LogP contribution in [0.2, 0.25) is 0 Å². The first-order valence-electron chi connectivity index (χ1n) is 7.82. The first-order valence-corrected chi connectivity index (χ1v) is 9.35. The molecule has 136 valence electrons. The number of phosphoric acid groups is 1. The molecule has 0 aliphatic carbocycles. The summed E-state index contributed by atoms with van der Waals surface area (Å²) in [5.41, 5.74) is 0. The number of aliphatic hydroxyl groups excluding tert-OH is 1. The van der Waals surface area contributed by atoms with E-state index in [9.17, 15) is 14.5 Å². The van der Waals surface area contributed by atoms with Crippen LogP contribution in [0.5, 0.6) is 0 Å². The highest BCUT2D eigenvalue weighted by atomic mass is 31.2. The molecule has 0 aromatic heterocycles. The minimum Gasteiger partial charge on any atom is -0.458 e. The largest absolute Gasteiger partial charge is 0.469 e. The topological polar surface area (TPSA) is 113 Å². The highest BCUT2D eigenvalue weighted by Crippen LogP contribution is 2.41. The number of hydrogen-bond acceptors (Lipinski definition) is 5. The van der Waals surface area contributed by atoms with Gasteiger partial charge in [-0.25, -0.2) is 9.36 Å². The second kappa shape index (κ2) is 8.80. The number of phosphoric ester groups is 1. The molecule has 3 N–H and O–H groups in total. The van der Waals surface area contributed by atoms with Gasteiger partial charge in [0, 0.05) is 17.9 Å². The lowest BCUT2D eigenvalue weighted by Crippen LogP contribution is -2.35. The van der Waals surface area contributed by atoms with Crippen molar-refractivity contribution in [3.05, 3.63) is 12.2 Å². The molecule has 7 nitrogen and oxygen atoms in total. The Hall–Kier alpha value is -1.16. The molecule has 1 aliphatic heterocycles. The Kier molecular flexibility index (Phi) is 7.65. The molecule has 0 radical (unpaired) electrons. The molecule has 0 saturated carbocycles. The number of carbonyl (C=O) groups excluding carboxylic acids is 1. The zero-order chi connectivity index (χ0) is 18.5. The molecule has 24 heavy (non-hydrogen) atoms. The van der Waals surface area contributed by atoms with Gasteiger partial charge in [-0.3, -0.25) is 4.52 Å². The lowest BCUT2D eigenvalue weighted by molar-refractivity contribution is -0.149. The summed E-state index contributed by atoms with van der Waals surface area (Å²) in [5.74, 6) is 1.09. The average molecular weight is 360 g/mol. The number of hydrogen-bond donors (Lipinski definition) is 3. The number of terminal acetylenes is 1. The molecular weight excluding hydrogens is 335 g/mol. The van der Waals surface area contributed by atoms with Crippen LogP contribution in [0.4, 0.5) is 0 Å². The van der Waals surface area contributed by atoms with E-state index in [-0.39, 0.29) is 24.4 Å². The SMILES string of the molecule is C#C[C@H](O)[C@H](C)[C@H](CC[C@H](C)[C@@H]1OC(=O)C=C[C@@H]1C)OP(=O)(O)O. The summed E-state index contributed by atoms with van der Waals surface area (Å²) in [5, 5.41) is 9.74. The van der Waals surface area contributed by atoms with Gasteiger partial charge >= 0.3 is 13.8 Å². The summed E-state index contributed by atoms with van der Waals surface area (Å²) >= 11 is 0. The van der Waals surface area contributed by atoms with Gasteiger partial charge in [0.15, 0.2) is 0 Å². The van der Waals surface area contributed by atoms with Gasteiger partial charge < -0.3 is 19.6 Å². The summed E-state index contributed by atoms with van der Waals surface area (Å²) in [4.78, 5) is 29.5. The Bertz CT molecular complexity index is 547. The Morgan fingerprint density at radius 3 is 2.58 bits per heavy atom. The van der Waals surface area contributed by atoms with E-state index < -0.39 is 31.9 Å². The second-order valence-electron chi connectivity index (χ2n) is 6.28. The molecule has 6 atom stereocenters. The van der Waals surface area contributed by atoms with E-state index in [1.165, 1.54) is 6.08 Å². The van der Waals surface area contributed by atoms with E-state index >= 15 is 0 Å². The molecule has 0 unspecified atom stereocenters. The monoisotopic (exact) mass is 360 g/mol. The van der Waals surface area contributed by atoms with E-state index in [0.717, 1.165) is 0 Å². The third-order valence-electron chi connectivity index (χ3n) is 4.30. The average Bonchev–Trinajstić information content (AvgIpc) is 2.50. The molecule has 0 fully saturated rings. The maximum absolute atomic E-state index is 11.4. The summed E-state index contributed by atoms with van der Waals surface area (Å²) in [7, 11) is -4.72. The molecule has 8 heteroatoms. The third-order valence-corrected chi connectivity index (χ3v) is 4.85. The quantitative estimate of drug-likeness (QED) is 0.342. The van der Waals surface area contributed by atoms with Crippen molar-refractivity contribution in [1.82, 2.24) is 0 Å². The van der Waals surface area contributed by atoms with Gasteiger partial charge in [0.1, 0.15) is 12.2 Å². The van der Waals surface area contributed by atoms with Gasteiger partial charge in [0.05, 0.1) is 6.10 Å². The van der Waals surface area contributed by atoms with Gasteiger partial charge in [0.2, 0.25) is 0 Å². The number of ether oxygens (including phenoxy) is 1. The lowest BCUT2D eigenvalue weighted by Gasteiger charge is -2.32. The number of rotatable bonds is 8. The summed E-state index contributed by atoms with van der Waals surface area (Å²) in [6.45, 7) is 5.39. The predicted octanol–water partition coefficient (Wildman–Crippen LogP) is 1.63. The molecule has 1 rings (SSSR count). The predicted molar refractivity (Wildman–Crippen MR) is 87.5 cm³/mol. The smallest absolute Gasteiger partial charge is 0.458 e. The van der Waals surface area contributed by atoms with Crippen molar-refractivity contribution < 1.29 is 33.5 Å². The third kappa shape index (κ3) is 6.39. The molecule has 0 aromatic rings. The fourth-order valence-corrected chi connectivity index (χ4v) is 3.44. The van der Waals surface area contributed by atoms with Gasteiger partial charge in [-0.1, -0.05) is 32.8 Å². The molecule has 0 aromatic carbocycles. The van der Waals surface area contributed by atoms with Gasteiger partial charge in [-0.15, -0.1) is 6.42 Å². The maximum atomic E-state index is 11.4. The van der Waals surface area contributed by atoms with E-state index in [1.54, 1.807) is 13.0 Å². The highest BCUT2D eigenvalue weighted by molar-refractivity contribution is 7.46. The van der Waals surface area contributed by atoms with Crippen molar-refractivity contribution in [1.29, 1.82) is 0 Å². The fourth-order valence-electron chi connectivity index (χ4n) is 2.79.